The fourth-order valence-corrected chi connectivity index (χ4v) is 2.50. The van der Waals surface area contributed by atoms with Crippen LogP contribution in [0.2, 0.25) is 0 Å². The molecule has 1 heterocycles. The van der Waals surface area contributed by atoms with Crippen LogP contribution in [0.15, 0.2) is 65.8 Å². The zero-order valence-corrected chi connectivity index (χ0v) is 11.5. The number of nitrogens with zero attached hydrogens (tertiary/aromatic N) is 2. The minimum atomic E-state index is -0.391. The molecule has 0 saturated carbocycles. The van der Waals surface area contributed by atoms with Crippen LogP contribution in [0, 0.1) is 5.92 Å². The molecule has 0 bridgehead atoms. The molecule has 1 aliphatic heterocycles. The van der Waals surface area contributed by atoms with Gasteiger partial charge in [0, 0.05) is 6.61 Å². The number of hydrazone groups is 1. The second-order valence-electron chi connectivity index (χ2n) is 4.90. The molecule has 0 spiro atoms. The van der Waals surface area contributed by atoms with Gasteiger partial charge < -0.3 is 5.11 Å². The second-order valence-corrected chi connectivity index (χ2v) is 4.90. The van der Waals surface area contributed by atoms with E-state index in [2.05, 4.69) is 5.10 Å². The van der Waals surface area contributed by atoms with Crippen LogP contribution >= 0.6 is 0 Å². The lowest BCUT2D eigenvalue weighted by Crippen LogP contribution is -2.28. The molecular weight excluding hydrogens is 264 g/mol. The van der Waals surface area contributed by atoms with Crippen LogP contribution in [0.5, 0.6) is 0 Å². The van der Waals surface area contributed by atoms with E-state index in [0.717, 1.165) is 17.0 Å². The molecule has 0 radical (unpaired) electrons. The molecule has 0 aromatic heterocycles. The van der Waals surface area contributed by atoms with Crippen LogP contribution < -0.4 is 5.01 Å². The third-order valence-electron chi connectivity index (χ3n) is 3.53. The van der Waals surface area contributed by atoms with E-state index in [1.54, 1.807) is 0 Å². The standard InChI is InChI=1S/C17H16N2O2/c20-12-11-15-16(13-7-3-1-4-8-13)18-19(17(15)21)14-9-5-2-6-10-14/h1-10,15,20H,11-12H2. The van der Waals surface area contributed by atoms with Crippen molar-refractivity contribution >= 4 is 17.3 Å². The Morgan fingerprint density at radius 1 is 1.00 bits per heavy atom. The Morgan fingerprint density at radius 3 is 2.24 bits per heavy atom. The molecule has 0 saturated heterocycles. The van der Waals surface area contributed by atoms with Gasteiger partial charge >= 0.3 is 0 Å². The molecule has 0 aliphatic carbocycles. The van der Waals surface area contributed by atoms with E-state index in [-0.39, 0.29) is 12.5 Å². The molecule has 1 N–H and O–H groups in total. The minimum Gasteiger partial charge on any atom is -0.396 e. The largest absolute Gasteiger partial charge is 0.396 e. The summed E-state index contributed by atoms with van der Waals surface area (Å²) in [7, 11) is 0. The third-order valence-corrected chi connectivity index (χ3v) is 3.53. The van der Waals surface area contributed by atoms with Crippen LogP contribution in [0.3, 0.4) is 0 Å². The lowest BCUT2D eigenvalue weighted by Gasteiger charge is -2.13. The van der Waals surface area contributed by atoms with Crippen LogP contribution in [-0.4, -0.2) is 23.3 Å². The van der Waals surface area contributed by atoms with Gasteiger partial charge in [-0.05, 0) is 24.1 Å². The Kier molecular flexibility index (Phi) is 3.79. The van der Waals surface area contributed by atoms with Gasteiger partial charge in [-0.15, -0.1) is 0 Å². The highest BCUT2D eigenvalue weighted by Gasteiger charge is 2.36. The summed E-state index contributed by atoms with van der Waals surface area (Å²) < 4.78 is 0. The van der Waals surface area contributed by atoms with E-state index < -0.39 is 5.92 Å². The quantitative estimate of drug-likeness (QED) is 0.935. The fraction of sp³-hybridized carbons (Fsp3) is 0.176. The third kappa shape index (κ3) is 2.58. The first-order valence-corrected chi connectivity index (χ1v) is 6.95. The van der Waals surface area contributed by atoms with Crippen molar-refractivity contribution in [2.24, 2.45) is 11.0 Å². The Bertz CT molecular complexity index is 653. The highest BCUT2D eigenvalue weighted by molar-refractivity contribution is 6.21. The fourth-order valence-electron chi connectivity index (χ4n) is 2.50. The lowest BCUT2D eigenvalue weighted by atomic mass is 9.94. The maximum Gasteiger partial charge on any atom is 0.256 e. The van der Waals surface area contributed by atoms with Crippen LogP contribution in [0.25, 0.3) is 0 Å². The summed E-state index contributed by atoms with van der Waals surface area (Å²) in [5.41, 5.74) is 2.39. The van der Waals surface area contributed by atoms with Crippen molar-refractivity contribution in [1.29, 1.82) is 0 Å². The van der Waals surface area contributed by atoms with Gasteiger partial charge in [0.15, 0.2) is 0 Å². The second kappa shape index (κ2) is 5.89. The van der Waals surface area contributed by atoms with E-state index in [1.165, 1.54) is 5.01 Å². The lowest BCUT2D eigenvalue weighted by molar-refractivity contribution is -0.120. The van der Waals surface area contributed by atoms with Crippen molar-refractivity contribution in [1.82, 2.24) is 0 Å². The van der Waals surface area contributed by atoms with Gasteiger partial charge in [0.2, 0.25) is 0 Å². The molecule has 2 aromatic carbocycles. The Labute approximate surface area is 123 Å². The summed E-state index contributed by atoms with van der Waals surface area (Å²) in [5, 5.41) is 15.2. The smallest absolute Gasteiger partial charge is 0.256 e. The van der Waals surface area contributed by atoms with E-state index in [9.17, 15) is 9.90 Å². The molecule has 4 nitrogen and oxygen atoms in total. The number of hydrogen-bond acceptors (Lipinski definition) is 3. The molecule has 4 heteroatoms. The molecule has 106 valence electrons. The number of rotatable bonds is 4. The average molecular weight is 280 g/mol. The van der Waals surface area contributed by atoms with Crippen LogP contribution in [0.4, 0.5) is 5.69 Å². The summed E-state index contributed by atoms with van der Waals surface area (Å²) >= 11 is 0. The van der Waals surface area contributed by atoms with Gasteiger partial charge in [0.1, 0.15) is 0 Å². The zero-order valence-electron chi connectivity index (χ0n) is 11.5. The highest BCUT2D eigenvalue weighted by atomic mass is 16.3. The summed E-state index contributed by atoms with van der Waals surface area (Å²) in [5.74, 6) is -0.480. The summed E-state index contributed by atoms with van der Waals surface area (Å²) in [4.78, 5) is 12.6. The molecule has 1 amide bonds. The number of benzene rings is 2. The predicted octanol–water partition coefficient (Wildman–Crippen LogP) is 2.44. The van der Waals surface area contributed by atoms with Gasteiger partial charge in [-0.25, -0.2) is 0 Å². The number of carbonyl (C=O) groups excluding carboxylic acids is 1. The van der Waals surface area contributed by atoms with Crippen molar-refractivity contribution in [3.8, 4) is 0 Å². The molecule has 1 unspecified atom stereocenters. The first-order valence-electron chi connectivity index (χ1n) is 6.95. The van der Waals surface area contributed by atoms with E-state index in [0.29, 0.717) is 6.42 Å². The van der Waals surface area contributed by atoms with Gasteiger partial charge in [-0.3, -0.25) is 4.79 Å². The molecule has 1 aliphatic rings. The van der Waals surface area contributed by atoms with Crippen LogP contribution in [0.1, 0.15) is 12.0 Å². The molecule has 1 atom stereocenters. The Balaban J connectivity index is 2.01. The number of para-hydroxylation sites is 1. The maximum atomic E-state index is 12.6. The van der Waals surface area contributed by atoms with Crippen molar-refractivity contribution in [3.05, 3.63) is 66.2 Å². The number of carbonyl (C=O) groups is 1. The molecular formula is C17H16N2O2. The number of anilines is 1. The molecule has 21 heavy (non-hydrogen) atoms. The van der Waals surface area contributed by atoms with Crippen molar-refractivity contribution in [2.75, 3.05) is 11.6 Å². The summed E-state index contributed by atoms with van der Waals surface area (Å²) in [6, 6.07) is 19.0. The Morgan fingerprint density at radius 2 is 1.62 bits per heavy atom. The molecule has 0 fully saturated rings. The normalized spacial score (nSPS) is 18.0. The number of aliphatic hydroxyl groups excluding tert-OH is 1. The van der Waals surface area contributed by atoms with Gasteiger partial charge in [0.05, 0.1) is 17.3 Å². The zero-order chi connectivity index (χ0) is 14.7. The van der Waals surface area contributed by atoms with E-state index in [4.69, 9.17) is 0 Å². The minimum absolute atomic E-state index is 0.0368. The highest BCUT2D eigenvalue weighted by Crippen LogP contribution is 2.28. The maximum absolute atomic E-state index is 12.6. The molecule has 3 rings (SSSR count). The SMILES string of the molecule is O=C1C(CCO)C(c2ccccc2)=NN1c1ccccc1. The summed E-state index contributed by atoms with van der Waals surface area (Å²) in [6.07, 6.45) is 0.385. The number of amides is 1. The Hall–Kier alpha value is -2.46. The van der Waals surface area contributed by atoms with Crippen molar-refractivity contribution in [3.63, 3.8) is 0 Å². The van der Waals surface area contributed by atoms with E-state index in [1.807, 2.05) is 60.7 Å². The molecule has 2 aromatic rings. The predicted molar refractivity (Wildman–Crippen MR) is 82.1 cm³/mol. The van der Waals surface area contributed by atoms with E-state index >= 15 is 0 Å². The topological polar surface area (TPSA) is 52.9 Å². The number of hydrogen-bond donors (Lipinski definition) is 1. The number of aliphatic hydroxyl groups is 1. The van der Waals surface area contributed by atoms with Gasteiger partial charge in [-0.2, -0.15) is 10.1 Å². The average Bonchev–Trinajstić information content (AvgIpc) is 2.87. The monoisotopic (exact) mass is 280 g/mol. The van der Waals surface area contributed by atoms with Gasteiger partial charge in [0.25, 0.3) is 5.91 Å². The van der Waals surface area contributed by atoms with Gasteiger partial charge in [-0.1, -0.05) is 48.5 Å². The van der Waals surface area contributed by atoms with Crippen LogP contribution in [-0.2, 0) is 4.79 Å². The summed E-state index contributed by atoms with van der Waals surface area (Å²) in [6.45, 7) is -0.0368. The first-order chi connectivity index (χ1) is 10.3. The first kappa shape index (κ1) is 13.5. The van der Waals surface area contributed by atoms with Crippen molar-refractivity contribution < 1.29 is 9.90 Å². The van der Waals surface area contributed by atoms with Crippen molar-refractivity contribution in [2.45, 2.75) is 6.42 Å².